The van der Waals surface area contributed by atoms with Gasteiger partial charge in [-0.1, -0.05) is 32.5 Å². The summed E-state index contributed by atoms with van der Waals surface area (Å²) in [5.41, 5.74) is 2.82. The van der Waals surface area contributed by atoms with Crippen LogP contribution in [0.2, 0.25) is 0 Å². The maximum absolute atomic E-state index is 12.1. The second-order valence-electron chi connectivity index (χ2n) is 7.55. The number of nitriles is 1. The Morgan fingerprint density at radius 3 is 2.82 bits per heavy atom. The second kappa shape index (κ2) is 8.34. The van der Waals surface area contributed by atoms with Crippen LogP contribution in [0.15, 0.2) is 28.4 Å². The van der Waals surface area contributed by atoms with Crippen molar-refractivity contribution in [3.05, 3.63) is 34.1 Å². The van der Waals surface area contributed by atoms with Gasteiger partial charge in [0.15, 0.2) is 10.7 Å². The zero-order valence-corrected chi connectivity index (χ0v) is 16.8. The summed E-state index contributed by atoms with van der Waals surface area (Å²) in [7, 11) is 0. The van der Waals surface area contributed by atoms with Gasteiger partial charge >= 0.3 is 5.69 Å². The van der Waals surface area contributed by atoms with Gasteiger partial charge in [0.1, 0.15) is 17.7 Å². The normalized spacial score (nSPS) is 22.3. The van der Waals surface area contributed by atoms with Gasteiger partial charge in [0.2, 0.25) is 0 Å². The fourth-order valence-corrected chi connectivity index (χ4v) is 3.57. The van der Waals surface area contributed by atoms with Crippen LogP contribution in [0.1, 0.15) is 27.2 Å². The minimum absolute atomic E-state index is 0.00938. The van der Waals surface area contributed by atoms with Crippen molar-refractivity contribution < 1.29 is 19.7 Å². The molecule has 0 radical (unpaired) electrons. The first-order chi connectivity index (χ1) is 13.0. The highest BCUT2D eigenvalue weighted by Gasteiger charge is 2.50. The van der Waals surface area contributed by atoms with Gasteiger partial charge in [-0.05, 0) is 11.6 Å². The van der Waals surface area contributed by atoms with Gasteiger partial charge < -0.3 is 20.7 Å². The molecule has 0 saturated carbocycles. The van der Waals surface area contributed by atoms with Crippen LogP contribution in [-0.4, -0.2) is 49.9 Å². The molecule has 0 aromatic carbocycles. The number of carbonyl (C=O) groups excluding carboxylic acids is 1. The Morgan fingerprint density at radius 2 is 2.25 bits per heavy atom. The molecule has 0 bridgehead atoms. The van der Waals surface area contributed by atoms with Crippen molar-refractivity contribution in [3.63, 3.8) is 0 Å². The largest absolute Gasteiger partial charge is 0.509 e. The lowest BCUT2D eigenvalue weighted by atomic mass is 9.94. The molecule has 2 rings (SSSR count). The first-order valence-corrected chi connectivity index (χ1v) is 9.62. The third-order valence-corrected chi connectivity index (χ3v) is 5.60. The maximum atomic E-state index is 12.1. The van der Waals surface area contributed by atoms with Crippen LogP contribution in [0, 0.1) is 16.7 Å². The molecule has 0 saturated heterocycles. The van der Waals surface area contributed by atoms with Gasteiger partial charge in [0.25, 0.3) is 0 Å². The average Bonchev–Trinajstić information content (AvgIpc) is 2.86. The van der Waals surface area contributed by atoms with Crippen molar-refractivity contribution in [1.29, 1.82) is 5.26 Å². The molecule has 0 amide bonds. The molecular weight excluding hydrogens is 384 g/mol. The SMILES string of the molecule is CC(C)(C)C(=O)SCCOCC1=C(O)C(O)[C@](C#N)(n2ccc(N)nc2=O)C1. The van der Waals surface area contributed by atoms with E-state index >= 15 is 0 Å². The number of hydrogen-bond acceptors (Lipinski definition) is 9. The molecule has 10 heteroatoms. The summed E-state index contributed by atoms with van der Waals surface area (Å²) in [5, 5.41) is 30.4. The number of thioether (sulfide) groups is 1. The molecule has 2 atom stereocenters. The summed E-state index contributed by atoms with van der Waals surface area (Å²) >= 11 is 1.16. The molecule has 9 nitrogen and oxygen atoms in total. The zero-order chi connectivity index (χ0) is 21.1. The van der Waals surface area contributed by atoms with Crippen LogP contribution in [0.5, 0.6) is 0 Å². The highest BCUT2D eigenvalue weighted by atomic mass is 32.2. The summed E-state index contributed by atoms with van der Waals surface area (Å²) in [6.45, 7) is 5.72. The van der Waals surface area contributed by atoms with E-state index in [1.54, 1.807) is 0 Å². The minimum atomic E-state index is -1.72. The Hall–Kier alpha value is -2.35. The van der Waals surface area contributed by atoms with Gasteiger partial charge in [-0.2, -0.15) is 10.2 Å². The maximum Gasteiger partial charge on any atom is 0.350 e. The van der Waals surface area contributed by atoms with E-state index < -0.39 is 28.5 Å². The highest BCUT2D eigenvalue weighted by molar-refractivity contribution is 8.13. The van der Waals surface area contributed by atoms with Crippen molar-refractivity contribution in [2.24, 2.45) is 5.41 Å². The van der Waals surface area contributed by atoms with E-state index in [1.165, 1.54) is 12.3 Å². The van der Waals surface area contributed by atoms with Crippen LogP contribution < -0.4 is 11.4 Å². The topological polar surface area (TPSA) is 151 Å². The predicted molar refractivity (Wildman–Crippen MR) is 105 cm³/mol. The number of rotatable bonds is 6. The van der Waals surface area contributed by atoms with Crippen molar-refractivity contribution in [2.45, 2.75) is 38.8 Å². The van der Waals surface area contributed by atoms with Gasteiger partial charge in [0, 0.05) is 23.8 Å². The third-order valence-electron chi connectivity index (χ3n) is 4.35. The molecule has 1 aliphatic rings. The van der Waals surface area contributed by atoms with Crippen LogP contribution >= 0.6 is 11.8 Å². The predicted octanol–water partition coefficient (Wildman–Crippen LogP) is 0.944. The monoisotopic (exact) mass is 408 g/mol. The van der Waals surface area contributed by atoms with Crippen LogP contribution in [0.3, 0.4) is 0 Å². The smallest absolute Gasteiger partial charge is 0.350 e. The van der Waals surface area contributed by atoms with Crippen LogP contribution in [-0.2, 0) is 15.1 Å². The molecule has 1 heterocycles. The summed E-state index contributed by atoms with van der Waals surface area (Å²) in [4.78, 5) is 27.6. The van der Waals surface area contributed by atoms with Crippen LogP contribution in [0.4, 0.5) is 5.82 Å². The summed E-state index contributed by atoms with van der Waals surface area (Å²) in [6, 6.07) is 3.26. The number of carbonyl (C=O) groups is 1. The standard InChI is InChI=1S/C18H24N4O5S/c1-17(2,3)15(25)28-7-6-27-9-11-8-18(10-19,14(24)13(11)23)22-5-4-12(20)21-16(22)26/h4-5,14,23-24H,6-9H2,1-3H3,(H2,20,21,26)/t14?,18-/m0/s1. The van der Waals surface area contributed by atoms with Gasteiger partial charge in [-0.15, -0.1) is 0 Å². The number of ether oxygens (including phenoxy) is 1. The summed E-state index contributed by atoms with van der Waals surface area (Å²) in [6.07, 6.45) is -0.435. The molecule has 4 N–H and O–H groups in total. The van der Waals surface area contributed by atoms with E-state index in [1.807, 2.05) is 26.8 Å². The van der Waals surface area contributed by atoms with E-state index in [4.69, 9.17) is 10.5 Å². The Bertz CT molecular complexity index is 883. The minimum Gasteiger partial charge on any atom is -0.509 e. The molecular formula is C18H24N4O5S. The van der Waals surface area contributed by atoms with Crippen molar-refractivity contribution >= 4 is 22.7 Å². The Labute approximate surface area is 166 Å². The van der Waals surface area contributed by atoms with E-state index in [2.05, 4.69) is 4.98 Å². The number of nitrogens with zero attached hydrogens (tertiary/aromatic N) is 3. The molecule has 1 aromatic rings. The molecule has 152 valence electrons. The first-order valence-electron chi connectivity index (χ1n) is 8.64. The second-order valence-corrected chi connectivity index (χ2v) is 8.62. The van der Waals surface area contributed by atoms with E-state index in [0.717, 1.165) is 16.3 Å². The molecule has 1 aromatic heterocycles. The number of hydrogen-bond donors (Lipinski definition) is 3. The molecule has 28 heavy (non-hydrogen) atoms. The molecule has 0 aliphatic heterocycles. The van der Waals surface area contributed by atoms with E-state index in [-0.39, 0.29) is 30.6 Å². The number of nitrogen functional groups attached to an aromatic ring is 1. The lowest BCUT2D eigenvalue weighted by molar-refractivity contribution is -0.117. The molecule has 1 aliphatic carbocycles. The van der Waals surface area contributed by atoms with Crippen molar-refractivity contribution in [3.8, 4) is 6.07 Å². The van der Waals surface area contributed by atoms with Gasteiger partial charge in [0.05, 0.1) is 19.3 Å². The van der Waals surface area contributed by atoms with Crippen molar-refractivity contribution in [2.75, 3.05) is 24.7 Å². The zero-order valence-electron chi connectivity index (χ0n) is 16.0. The number of aromatic nitrogens is 2. The summed E-state index contributed by atoms with van der Waals surface area (Å²) in [5.74, 6) is 0.0332. The molecule has 0 spiro atoms. The van der Waals surface area contributed by atoms with Gasteiger partial charge in [-0.3, -0.25) is 9.36 Å². The quantitative estimate of drug-likeness (QED) is 0.584. The Balaban J connectivity index is 2.03. The third kappa shape index (κ3) is 4.38. The first kappa shape index (κ1) is 21.9. The number of nitrogens with two attached hydrogens (primary N) is 1. The highest BCUT2D eigenvalue weighted by Crippen LogP contribution is 2.39. The number of aliphatic hydroxyl groups is 2. The summed E-state index contributed by atoms with van der Waals surface area (Å²) < 4.78 is 6.46. The Morgan fingerprint density at radius 1 is 1.57 bits per heavy atom. The lowest BCUT2D eigenvalue weighted by Gasteiger charge is -2.27. The number of anilines is 1. The van der Waals surface area contributed by atoms with Gasteiger partial charge in [-0.25, -0.2) is 4.79 Å². The van der Waals surface area contributed by atoms with Crippen molar-refractivity contribution in [1.82, 2.24) is 9.55 Å². The van der Waals surface area contributed by atoms with Crippen LogP contribution in [0.25, 0.3) is 0 Å². The molecule has 1 unspecified atom stereocenters. The Kier molecular flexibility index (Phi) is 6.54. The fraction of sp³-hybridized carbons (Fsp3) is 0.556. The van der Waals surface area contributed by atoms with E-state index in [0.29, 0.717) is 11.3 Å². The van der Waals surface area contributed by atoms with E-state index in [9.17, 15) is 25.1 Å². The average molecular weight is 408 g/mol. The lowest BCUT2D eigenvalue weighted by Crippen LogP contribution is -2.47. The fourth-order valence-electron chi connectivity index (χ4n) is 2.75. The number of aliphatic hydroxyl groups excluding tert-OH is 2. The molecule has 0 fully saturated rings.